The molecule has 0 unspecified atom stereocenters. The number of nitrogens with one attached hydrogen (secondary N) is 1. The van der Waals surface area contributed by atoms with Crippen LogP contribution >= 0.6 is 0 Å². The van der Waals surface area contributed by atoms with E-state index in [1.54, 1.807) is 0 Å². The van der Waals surface area contributed by atoms with Gasteiger partial charge in [0.05, 0.1) is 17.8 Å². The van der Waals surface area contributed by atoms with Crippen molar-refractivity contribution < 1.29 is 4.79 Å². The molecule has 0 saturated carbocycles. The molecule has 7 heteroatoms. The topological polar surface area (TPSA) is 75.9 Å². The molecule has 1 saturated heterocycles. The zero-order chi connectivity index (χ0) is 21.3. The summed E-state index contributed by atoms with van der Waals surface area (Å²) in [6.45, 7) is 10.7. The molecule has 1 amide bonds. The van der Waals surface area contributed by atoms with Crippen molar-refractivity contribution in [1.82, 2.24) is 20.0 Å². The van der Waals surface area contributed by atoms with Gasteiger partial charge in [-0.3, -0.25) is 9.48 Å². The molecule has 156 valence electrons. The summed E-state index contributed by atoms with van der Waals surface area (Å²) in [4.78, 5) is 14.6. The van der Waals surface area contributed by atoms with Crippen LogP contribution < -0.4 is 10.2 Å². The van der Waals surface area contributed by atoms with E-state index in [1.165, 1.54) is 0 Å². The van der Waals surface area contributed by atoms with Gasteiger partial charge in [0, 0.05) is 37.1 Å². The van der Waals surface area contributed by atoms with Crippen LogP contribution in [0.25, 0.3) is 11.1 Å². The Balaban J connectivity index is 1.32. The van der Waals surface area contributed by atoms with Crippen molar-refractivity contribution in [3.8, 4) is 11.1 Å². The lowest BCUT2D eigenvalue weighted by molar-refractivity contribution is -0.120. The molecule has 1 fully saturated rings. The molecule has 7 nitrogen and oxygen atoms in total. The molecule has 1 aliphatic rings. The second-order valence-corrected chi connectivity index (χ2v) is 9.19. The van der Waals surface area contributed by atoms with Gasteiger partial charge in [-0.1, -0.05) is 32.9 Å². The first kappa shape index (κ1) is 20.1. The van der Waals surface area contributed by atoms with Gasteiger partial charge in [-0.25, -0.2) is 0 Å². The van der Waals surface area contributed by atoms with Crippen LogP contribution in [-0.2, 0) is 11.3 Å². The minimum Gasteiger partial charge on any atom is -0.353 e. The van der Waals surface area contributed by atoms with Crippen molar-refractivity contribution in [2.75, 3.05) is 23.3 Å². The van der Waals surface area contributed by atoms with Crippen molar-refractivity contribution in [2.24, 2.45) is 11.3 Å². The van der Waals surface area contributed by atoms with E-state index in [4.69, 9.17) is 0 Å². The summed E-state index contributed by atoms with van der Waals surface area (Å²) in [7, 11) is 0. The number of carbonyl (C=O) groups is 1. The smallest absolute Gasteiger partial charge is 0.231 e. The van der Waals surface area contributed by atoms with Crippen LogP contribution in [0.1, 0.15) is 26.5 Å². The molecular formula is C23H28N6O. The Morgan fingerprint density at radius 3 is 2.43 bits per heavy atom. The predicted octanol–water partition coefficient (Wildman–Crippen LogP) is 3.77. The number of hydrogen-bond acceptors (Lipinski definition) is 5. The quantitative estimate of drug-likeness (QED) is 0.701. The van der Waals surface area contributed by atoms with Gasteiger partial charge in [0.2, 0.25) is 5.91 Å². The molecule has 0 atom stereocenters. The maximum atomic E-state index is 12.5. The maximum Gasteiger partial charge on any atom is 0.231 e. The van der Waals surface area contributed by atoms with Gasteiger partial charge in [0.1, 0.15) is 0 Å². The zero-order valence-electron chi connectivity index (χ0n) is 18.0. The summed E-state index contributed by atoms with van der Waals surface area (Å²) in [5.41, 5.74) is 4.03. The number of aryl methyl sites for hydroxylation is 1. The summed E-state index contributed by atoms with van der Waals surface area (Å²) in [6, 6.07) is 11.8. The second kappa shape index (κ2) is 7.89. The highest BCUT2D eigenvalue weighted by Crippen LogP contribution is 2.25. The average Bonchev–Trinajstić information content (AvgIpc) is 3.09. The van der Waals surface area contributed by atoms with E-state index < -0.39 is 0 Å². The standard InChI is InChI=1S/C23H28N6O/c1-16-5-10-21(27-26-16)28-12-19(13-28)22(30)25-20-8-6-17(7-9-20)18-11-24-29(14-18)15-23(2,3)4/h5-11,14,19H,12-13,15H2,1-4H3,(H,25,30). The fourth-order valence-corrected chi connectivity index (χ4v) is 3.47. The summed E-state index contributed by atoms with van der Waals surface area (Å²) >= 11 is 0. The molecule has 3 heterocycles. The van der Waals surface area contributed by atoms with Gasteiger partial charge in [0.25, 0.3) is 0 Å². The molecule has 1 aromatic carbocycles. The zero-order valence-corrected chi connectivity index (χ0v) is 18.0. The van der Waals surface area contributed by atoms with Gasteiger partial charge in [-0.05, 0) is 42.2 Å². The number of rotatable bonds is 5. The van der Waals surface area contributed by atoms with E-state index in [1.807, 2.05) is 54.2 Å². The van der Waals surface area contributed by atoms with Crippen LogP contribution in [0.15, 0.2) is 48.8 Å². The van der Waals surface area contributed by atoms with E-state index >= 15 is 0 Å². The van der Waals surface area contributed by atoms with Crippen molar-refractivity contribution in [1.29, 1.82) is 0 Å². The minimum atomic E-state index is -0.0385. The van der Waals surface area contributed by atoms with Gasteiger partial charge in [-0.15, -0.1) is 5.10 Å². The first-order valence-corrected chi connectivity index (χ1v) is 10.3. The molecule has 0 spiro atoms. The highest BCUT2D eigenvalue weighted by atomic mass is 16.2. The first-order valence-electron chi connectivity index (χ1n) is 10.3. The Hall–Kier alpha value is -3.22. The molecule has 30 heavy (non-hydrogen) atoms. The molecule has 1 N–H and O–H groups in total. The number of carbonyl (C=O) groups excluding carboxylic acids is 1. The van der Waals surface area contributed by atoms with E-state index in [-0.39, 0.29) is 17.2 Å². The number of nitrogens with zero attached hydrogens (tertiary/aromatic N) is 5. The van der Waals surface area contributed by atoms with Crippen LogP contribution in [0.4, 0.5) is 11.5 Å². The Labute approximate surface area is 177 Å². The van der Waals surface area contributed by atoms with Gasteiger partial charge in [-0.2, -0.15) is 10.2 Å². The lowest BCUT2D eigenvalue weighted by atomic mass is 9.97. The fourth-order valence-electron chi connectivity index (χ4n) is 3.47. The summed E-state index contributed by atoms with van der Waals surface area (Å²) in [5, 5.41) is 15.7. The highest BCUT2D eigenvalue weighted by molar-refractivity contribution is 5.94. The number of aromatic nitrogens is 4. The lowest BCUT2D eigenvalue weighted by Crippen LogP contribution is -2.52. The van der Waals surface area contributed by atoms with Crippen molar-refractivity contribution in [3.05, 3.63) is 54.5 Å². The molecule has 0 radical (unpaired) electrons. The van der Waals surface area contributed by atoms with Gasteiger partial charge >= 0.3 is 0 Å². The van der Waals surface area contributed by atoms with Crippen molar-refractivity contribution in [3.63, 3.8) is 0 Å². The average molecular weight is 405 g/mol. The number of benzene rings is 1. The Kier molecular flexibility index (Phi) is 5.28. The molecule has 0 bridgehead atoms. The third-order valence-corrected chi connectivity index (χ3v) is 5.12. The number of hydrogen-bond donors (Lipinski definition) is 1. The maximum absolute atomic E-state index is 12.5. The van der Waals surface area contributed by atoms with Crippen molar-refractivity contribution in [2.45, 2.75) is 34.2 Å². The molecule has 3 aromatic rings. The van der Waals surface area contributed by atoms with Gasteiger partial charge in [0.15, 0.2) is 5.82 Å². The molecular weight excluding hydrogens is 376 g/mol. The Morgan fingerprint density at radius 2 is 1.80 bits per heavy atom. The normalized spacial score (nSPS) is 14.5. The highest BCUT2D eigenvalue weighted by Gasteiger charge is 2.33. The summed E-state index contributed by atoms with van der Waals surface area (Å²) in [6.07, 6.45) is 3.95. The third kappa shape index (κ3) is 4.67. The first-order chi connectivity index (χ1) is 14.3. The monoisotopic (exact) mass is 404 g/mol. The number of anilines is 2. The van der Waals surface area contributed by atoms with Crippen LogP contribution in [0.5, 0.6) is 0 Å². The second-order valence-electron chi connectivity index (χ2n) is 9.19. The van der Waals surface area contributed by atoms with Crippen LogP contribution in [0.3, 0.4) is 0 Å². The minimum absolute atomic E-state index is 0.0385. The van der Waals surface area contributed by atoms with E-state index in [2.05, 4.69) is 52.5 Å². The lowest BCUT2D eigenvalue weighted by Gasteiger charge is -2.38. The largest absolute Gasteiger partial charge is 0.353 e. The SMILES string of the molecule is Cc1ccc(N2CC(C(=O)Nc3ccc(-c4cnn(CC(C)(C)C)c4)cc3)C2)nn1. The van der Waals surface area contributed by atoms with Crippen LogP contribution in [0, 0.1) is 18.3 Å². The van der Waals surface area contributed by atoms with Gasteiger partial charge < -0.3 is 10.2 Å². The fraction of sp³-hybridized carbons (Fsp3) is 0.391. The molecule has 2 aromatic heterocycles. The molecule has 4 rings (SSSR count). The summed E-state index contributed by atoms with van der Waals surface area (Å²) < 4.78 is 1.98. The Bertz CT molecular complexity index is 1010. The molecule has 1 aliphatic heterocycles. The van der Waals surface area contributed by atoms with E-state index in [0.29, 0.717) is 13.1 Å². The predicted molar refractivity (Wildman–Crippen MR) is 118 cm³/mol. The van der Waals surface area contributed by atoms with E-state index in [0.717, 1.165) is 34.9 Å². The van der Waals surface area contributed by atoms with Crippen molar-refractivity contribution >= 4 is 17.4 Å². The third-order valence-electron chi connectivity index (χ3n) is 5.12. The van der Waals surface area contributed by atoms with Crippen LogP contribution in [-0.4, -0.2) is 39.0 Å². The molecule has 0 aliphatic carbocycles. The van der Waals surface area contributed by atoms with E-state index in [9.17, 15) is 4.79 Å². The summed E-state index contributed by atoms with van der Waals surface area (Å²) in [5.74, 6) is 0.821. The Morgan fingerprint density at radius 1 is 1.07 bits per heavy atom. The van der Waals surface area contributed by atoms with Crippen LogP contribution in [0.2, 0.25) is 0 Å². The number of amides is 1.